The van der Waals surface area contributed by atoms with Gasteiger partial charge in [-0.2, -0.15) is 8.78 Å². The van der Waals surface area contributed by atoms with Crippen LogP contribution in [0.4, 0.5) is 13.2 Å². The van der Waals surface area contributed by atoms with Crippen LogP contribution in [-0.2, 0) is 9.53 Å². The van der Waals surface area contributed by atoms with E-state index in [9.17, 15) is 18.0 Å². The number of carbonyl (C=O) groups is 1. The summed E-state index contributed by atoms with van der Waals surface area (Å²) in [5, 5.41) is 2.95. The molecule has 1 aliphatic heterocycles. The molecule has 0 amide bonds. The quantitative estimate of drug-likeness (QED) is 0.856. The molecule has 1 aromatic carbocycles. The Kier molecular flexibility index (Phi) is 3.80. The van der Waals surface area contributed by atoms with Crippen molar-refractivity contribution < 1.29 is 22.7 Å². The summed E-state index contributed by atoms with van der Waals surface area (Å²) in [5.41, 5.74) is 0.705. The van der Waals surface area contributed by atoms with E-state index in [4.69, 9.17) is 0 Å². The topological polar surface area (TPSA) is 38.3 Å². The van der Waals surface area contributed by atoms with Gasteiger partial charge in [0.05, 0.1) is 6.42 Å². The summed E-state index contributed by atoms with van der Waals surface area (Å²) in [4.78, 5) is 10.8. The van der Waals surface area contributed by atoms with E-state index in [0.29, 0.717) is 5.56 Å². The summed E-state index contributed by atoms with van der Waals surface area (Å²) in [6.07, 6.45) is -1.46. The highest BCUT2D eigenvalue weighted by Gasteiger charge is 2.50. The van der Waals surface area contributed by atoms with E-state index in [0.717, 1.165) is 0 Å². The maximum atomic E-state index is 13.0. The number of nitrogens with one attached hydrogen (secondary N) is 1. The van der Waals surface area contributed by atoms with Gasteiger partial charge in [0.15, 0.2) is 0 Å². The van der Waals surface area contributed by atoms with E-state index in [1.807, 2.05) is 0 Å². The largest absolute Gasteiger partial charge is 0.456 e. The van der Waals surface area contributed by atoms with E-state index in [1.54, 1.807) is 19.1 Å². The Morgan fingerprint density at radius 2 is 2.26 bits per heavy atom. The van der Waals surface area contributed by atoms with Crippen molar-refractivity contribution >= 4 is 5.97 Å². The van der Waals surface area contributed by atoms with Gasteiger partial charge in [0, 0.05) is 12.6 Å². The van der Waals surface area contributed by atoms with Crippen LogP contribution in [0.5, 0.6) is 0 Å². The lowest BCUT2D eigenvalue weighted by atomic mass is 10.1. The number of hydrogen-bond donors (Lipinski definition) is 1. The van der Waals surface area contributed by atoms with Crippen molar-refractivity contribution in [1.29, 1.82) is 0 Å². The third-order valence-corrected chi connectivity index (χ3v) is 3.06. The lowest BCUT2D eigenvalue weighted by Gasteiger charge is -2.16. The molecule has 6 heteroatoms. The number of rotatable bonds is 4. The minimum absolute atomic E-state index is 0.110. The second-order valence-corrected chi connectivity index (χ2v) is 4.62. The van der Waals surface area contributed by atoms with Crippen LogP contribution in [0.3, 0.4) is 0 Å². The first-order valence-electron chi connectivity index (χ1n) is 5.96. The van der Waals surface area contributed by atoms with Gasteiger partial charge in [0.25, 0.3) is 0 Å². The zero-order valence-electron chi connectivity index (χ0n) is 10.3. The second-order valence-electron chi connectivity index (χ2n) is 4.62. The van der Waals surface area contributed by atoms with Crippen LogP contribution in [0.1, 0.15) is 24.9 Å². The summed E-state index contributed by atoms with van der Waals surface area (Å²) in [5.74, 6) is -5.23. The van der Waals surface area contributed by atoms with Crippen LogP contribution in [0.2, 0.25) is 0 Å². The van der Waals surface area contributed by atoms with Crippen LogP contribution < -0.4 is 5.32 Å². The average molecular weight is 273 g/mol. The summed E-state index contributed by atoms with van der Waals surface area (Å²) in [7, 11) is 0. The summed E-state index contributed by atoms with van der Waals surface area (Å²) in [6, 6.07) is 5.79. The maximum absolute atomic E-state index is 13.0. The Morgan fingerprint density at radius 1 is 1.53 bits per heavy atom. The molecule has 2 rings (SSSR count). The molecule has 19 heavy (non-hydrogen) atoms. The molecular weight excluding hydrogens is 259 g/mol. The fourth-order valence-corrected chi connectivity index (χ4v) is 1.96. The van der Waals surface area contributed by atoms with Crippen LogP contribution in [0.15, 0.2) is 24.3 Å². The molecule has 0 saturated carbocycles. The number of alkyl halides is 2. The summed E-state index contributed by atoms with van der Waals surface area (Å²) < 4.78 is 43.5. The molecule has 1 unspecified atom stereocenters. The number of carbonyl (C=O) groups excluding carboxylic acids is 1. The minimum atomic E-state index is -3.39. The molecule has 1 fully saturated rings. The standard InChI is InChI=1S/C13H14F3NO2/c1-8(9-3-2-4-10(14)5-9)17-7-11-6-13(15,16)12(18)19-11/h2-5,8,11,17H,6-7H2,1H3/t8-,11?/m0/s1. The fraction of sp³-hybridized carbons (Fsp3) is 0.462. The number of esters is 1. The third kappa shape index (κ3) is 3.26. The number of cyclic esters (lactones) is 1. The van der Waals surface area contributed by atoms with Crippen molar-refractivity contribution in [2.24, 2.45) is 0 Å². The maximum Gasteiger partial charge on any atom is 0.377 e. The van der Waals surface area contributed by atoms with E-state index < -0.39 is 24.4 Å². The number of halogens is 3. The molecule has 1 N–H and O–H groups in total. The molecule has 0 spiro atoms. The fourth-order valence-electron chi connectivity index (χ4n) is 1.96. The van der Waals surface area contributed by atoms with Gasteiger partial charge in [-0.05, 0) is 24.6 Å². The van der Waals surface area contributed by atoms with E-state index >= 15 is 0 Å². The van der Waals surface area contributed by atoms with E-state index in [2.05, 4.69) is 10.1 Å². The van der Waals surface area contributed by atoms with Gasteiger partial charge >= 0.3 is 11.9 Å². The van der Waals surface area contributed by atoms with Crippen LogP contribution >= 0.6 is 0 Å². The Balaban J connectivity index is 1.88. The lowest BCUT2D eigenvalue weighted by Crippen LogP contribution is -2.29. The first-order valence-corrected chi connectivity index (χ1v) is 5.96. The second kappa shape index (κ2) is 5.21. The van der Waals surface area contributed by atoms with Gasteiger partial charge in [-0.15, -0.1) is 0 Å². The summed E-state index contributed by atoms with van der Waals surface area (Å²) >= 11 is 0. The van der Waals surface area contributed by atoms with Crippen molar-refractivity contribution in [2.45, 2.75) is 31.4 Å². The van der Waals surface area contributed by atoms with Crippen molar-refractivity contribution in [1.82, 2.24) is 5.32 Å². The zero-order valence-corrected chi connectivity index (χ0v) is 10.3. The minimum Gasteiger partial charge on any atom is -0.456 e. The first kappa shape index (κ1) is 13.9. The number of ether oxygens (including phenoxy) is 1. The molecule has 0 bridgehead atoms. The highest BCUT2D eigenvalue weighted by Crippen LogP contribution is 2.30. The van der Waals surface area contributed by atoms with E-state index in [-0.39, 0.29) is 18.4 Å². The first-order chi connectivity index (χ1) is 8.88. The smallest absolute Gasteiger partial charge is 0.377 e. The molecule has 0 aromatic heterocycles. The van der Waals surface area contributed by atoms with Gasteiger partial charge in [0.1, 0.15) is 11.9 Å². The zero-order chi connectivity index (χ0) is 14.0. The Labute approximate surface area is 108 Å². The van der Waals surface area contributed by atoms with Crippen molar-refractivity contribution in [3.8, 4) is 0 Å². The Morgan fingerprint density at radius 3 is 2.84 bits per heavy atom. The highest BCUT2D eigenvalue weighted by molar-refractivity contribution is 5.79. The molecule has 1 heterocycles. The monoisotopic (exact) mass is 273 g/mol. The van der Waals surface area contributed by atoms with Gasteiger partial charge < -0.3 is 10.1 Å². The van der Waals surface area contributed by atoms with Gasteiger partial charge in [-0.3, -0.25) is 0 Å². The third-order valence-electron chi connectivity index (χ3n) is 3.06. The van der Waals surface area contributed by atoms with Gasteiger partial charge in [-0.1, -0.05) is 12.1 Å². The highest BCUT2D eigenvalue weighted by atomic mass is 19.3. The van der Waals surface area contributed by atoms with Crippen LogP contribution in [0.25, 0.3) is 0 Å². The molecule has 1 saturated heterocycles. The van der Waals surface area contributed by atoms with Crippen molar-refractivity contribution in [3.63, 3.8) is 0 Å². The Bertz CT molecular complexity index is 479. The predicted molar refractivity (Wildman–Crippen MR) is 62.3 cm³/mol. The SMILES string of the molecule is C[C@H](NCC1CC(F)(F)C(=O)O1)c1cccc(F)c1. The molecule has 104 valence electrons. The molecule has 0 aliphatic carbocycles. The van der Waals surface area contributed by atoms with Gasteiger partial charge in [0.2, 0.25) is 0 Å². The molecule has 1 aromatic rings. The van der Waals surface area contributed by atoms with Crippen LogP contribution in [-0.4, -0.2) is 24.5 Å². The molecular formula is C13H14F3NO2. The normalized spacial score (nSPS) is 23.2. The summed E-state index contributed by atoms with van der Waals surface area (Å²) in [6.45, 7) is 1.89. The molecule has 3 nitrogen and oxygen atoms in total. The Hall–Kier alpha value is -1.56. The molecule has 1 aliphatic rings. The van der Waals surface area contributed by atoms with Crippen LogP contribution in [0, 0.1) is 5.82 Å². The molecule has 2 atom stereocenters. The number of hydrogen-bond acceptors (Lipinski definition) is 3. The number of benzene rings is 1. The van der Waals surface area contributed by atoms with Crippen molar-refractivity contribution in [3.05, 3.63) is 35.6 Å². The van der Waals surface area contributed by atoms with E-state index in [1.165, 1.54) is 12.1 Å². The lowest BCUT2D eigenvalue weighted by molar-refractivity contribution is -0.159. The predicted octanol–water partition coefficient (Wildman–Crippen LogP) is 2.43. The average Bonchev–Trinajstić information content (AvgIpc) is 2.60. The molecule has 0 radical (unpaired) electrons. The van der Waals surface area contributed by atoms with Crippen molar-refractivity contribution in [2.75, 3.05) is 6.54 Å². The van der Waals surface area contributed by atoms with Gasteiger partial charge in [-0.25, -0.2) is 9.18 Å².